The number of methoxy groups -OCH3 is 1. The lowest BCUT2D eigenvalue weighted by atomic mass is 10.1. The number of nitrogens with zero attached hydrogens (tertiary/aromatic N) is 2. The Morgan fingerprint density at radius 3 is 2.66 bits per heavy atom. The number of para-hydroxylation sites is 2. The Bertz CT molecular complexity index is 1550. The van der Waals surface area contributed by atoms with Gasteiger partial charge in [-0.15, -0.1) is 11.3 Å². The number of aromatic nitrogens is 1. The molecule has 38 heavy (non-hydrogen) atoms. The number of nitrogens with one attached hydrogen (secondary N) is 3. The minimum Gasteiger partial charge on any atom is -0.493 e. The van der Waals surface area contributed by atoms with Crippen LogP contribution in [-0.4, -0.2) is 43.2 Å². The molecule has 4 aromatic rings. The van der Waals surface area contributed by atoms with E-state index in [0.717, 1.165) is 36.9 Å². The number of amides is 3. The van der Waals surface area contributed by atoms with E-state index in [2.05, 4.69) is 20.9 Å². The van der Waals surface area contributed by atoms with Crippen molar-refractivity contribution in [2.24, 2.45) is 0 Å². The maximum Gasteiger partial charge on any atom is 0.331 e. The number of piperidine rings is 1. The molecule has 4 heterocycles. The summed E-state index contributed by atoms with van der Waals surface area (Å²) in [4.78, 5) is 34.0. The van der Waals surface area contributed by atoms with Gasteiger partial charge in [0, 0.05) is 12.2 Å². The molecule has 1 saturated heterocycles. The summed E-state index contributed by atoms with van der Waals surface area (Å²) >= 11 is 1.30. The van der Waals surface area contributed by atoms with E-state index in [1.54, 1.807) is 18.2 Å². The van der Waals surface area contributed by atoms with Crippen molar-refractivity contribution in [2.45, 2.75) is 25.8 Å². The van der Waals surface area contributed by atoms with Crippen LogP contribution in [0.1, 0.15) is 28.1 Å². The van der Waals surface area contributed by atoms with Crippen LogP contribution >= 0.6 is 11.3 Å². The molecule has 0 unspecified atom stereocenters. The second-order valence-electron chi connectivity index (χ2n) is 9.28. The largest absolute Gasteiger partial charge is 0.493 e. The number of ether oxygens (including phenoxy) is 2. The highest BCUT2D eigenvalue weighted by Gasteiger charge is 2.33. The molecular weight excluding hydrogens is 502 g/mol. The maximum absolute atomic E-state index is 13.5. The molecule has 6 rings (SSSR count). The van der Waals surface area contributed by atoms with Gasteiger partial charge in [0.15, 0.2) is 11.5 Å². The molecule has 0 atom stereocenters. The minimum absolute atomic E-state index is 0.114. The molecule has 0 radical (unpaired) electrons. The second kappa shape index (κ2) is 9.96. The van der Waals surface area contributed by atoms with Gasteiger partial charge in [-0.2, -0.15) is 0 Å². The smallest absolute Gasteiger partial charge is 0.331 e. The monoisotopic (exact) mass is 529 g/mol. The lowest BCUT2D eigenvalue weighted by molar-refractivity contribution is 0.0934. The predicted octanol–water partition coefficient (Wildman–Crippen LogP) is 5.57. The minimum atomic E-state index is -0.333. The van der Waals surface area contributed by atoms with Crippen LogP contribution in [-0.2, 0) is 0 Å². The predicted molar refractivity (Wildman–Crippen MR) is 148 cm³/mol. The summed E-state index contributed by atoms with van der Waals surface area (Å²) in [5.41, 5.74) is 2.77. The summed E-state index contributed by atoms with van der Waals surface area (Å²) < 4.78 is 11.4. The molecule has 0 bridgehead atoms. The van der Waals surface area contributed by atoms with Crippen molar-refractivity contribution < 1.29 is 19.1 Å². The highest BCUT2D eigenvalue weighted by atomic mass is 32.1. The highest BCUT2D eigenvalue weighted by molar-refractivity contribution is 7.21. The summed E-state index contributed by atoms with van der Waals surface area (Å²) in [7, 11) is 1.60. The van der Waals surface area contributed by atoms with E-state index in [9.17, 15) is 9.59 Å². The van der Waals surface area contributed by atoms with Crippen molar-refractivity contribution in [3.05, 3.63) is 65.2 Å². The molecule has 2 aromatic carbocycles. The molecule has 10 heteroatoms. The van der Waals surface area contributed by atoms with E-state index >= 15 is 0 Å². The number of benzene rings is 2. The lowest BCUT2D eigenvalue weighted by Gasteiger charge is -2.30. The van der Waals surface area contributed by atoms with E-state index in [1.807, 2.05) is 55.5 Å². The first-order valence-corrected chi connectivity index (χ1v) is 13.3. The normalized spacial score (nSPS) is 15.3. The van der Waals surface area contributed by atoms with Crippen LogP contribution in [0, 0.1) is 6.92 Å². The first kappa shape index (κ1) is 24.2. The van der Waals surface area contributed by atoms with Gasteiger partial charge in [-0.05, 0) is 74.8 Å². The maximum atomic E-state index is 13.5. The number of rotatable bonds is 6. The number of hydrogen-bond acceptors (Lipinski definition) is 7. The van der Waals surface area contributed by atoms with Gasteiger partial charge >= 0.3 is 6.03 Å². The van der Waals surface area contributed by atoms with Gasteiger partial charge in [-0.1, -0.05) is 12.1 Å². The first-order chi connectivity index (χ1) is 18.5. The lowest BCUT2D eigenvalue weighted by Crippen LogP contribution is -2.43. The summed E-state index contributed by atoms with van der Waals surface area (Å²) in [6.45, 7) is 3.69. The second-order valence-corrected chi connectivity index (χ2v) is 10.3. The molecule has 2 aliphatic rings. The Kier molecular flexibility index (Phi) is 6.34. The number of anilines is 3. The van der Waals surface area contributed by atoms with Crippen molar-refractivity contribution >= 4 is 50.6 Å². The number of pyridine rings is 1. The molecule has 3 N–H and O–H groups in total. The third-order valence-corrected chi connectivity index (χ3v) is 7.93. The van der Waals surface area contributed by atoms with Crippen LogP contribution in [0.2, 0.25) is 0 Å². The molecule has 2 aromatic heterocycles. The van der Waals surface area contributed by atoms with Crippen LogP contribution in [0.5, 0.6) is 17.2 Å². The quantitative estimate of drug-likeness (QED) is 0.302. The van der Waals surface area contributed by atoms with Crippen molar-refractivity contribution in [1.29, 1.82) is 0 Å². The summed E-state index contributed by atoms with van der Waals surface area (Å²) in [5, 5.41) is 10.2. The topological polar surface area (TPSA) is 105 Å². The van der Waals surface area contributed by atoms with Crippen LogP contribution in [0.3, 0.4) is 0 Å². The Hall–Kier alpha value is -4.15. The summed E-state index contributed by atoms with van der Waals surface area (Å²) in [5.74, 6) is 1.69. The zero-order chi connectivity index (χ0) is 26.2. The zero-order valence-electron chi connectivity index (χ0n) is 21.0. The molecule has 1 fully saturated rings. The van der Waals surface area contributed by atoms with E-state index < -0.39 is 0 Å². The number of urea groups is 1. The van der Waals surface area contributed by atoms with Gasteiger partial charge in [-0.25, -0.2) is 9.78 Å². The number of carbonyl (C=O) groups excluding carboxylic acids is 2. The fraction of sp³-hybridized carbons (Fsp3) is 0.250. The van der Waals surface area contributed by atoms with Crippen molar-refractivity contribution in [1.82, 2.24) is 15.6 Å². The van der Waals surface area contributed by atoms with Crippen LogP contribution < -0.4 is 30.3 Å². The third kappa shape index (κ3) is 4.31. The van der Waals surface area contributed by atoms with Gasteiger partial charge in [0.25, 0.3) is 5.91 Å². The van der Waals surface area contributed by atoms with Crippen LogP contribution in [0.4, 0.5) is 21.9 Å². The molecular formula is C28H27N5O4S. The number of hydrogen-bond donors (Lipinski definition) is 3. The standard InChI is InChI=1S/C28H27N5O4S/c1-16-15-18(37-22-6-4-3-5-21(22)36-2)7-8-19(16)33-20-11-14-30-27-23(20)24(32-28(33)35)25(38-27)26(34)31-17-9-12-29-13-10-17/h3-8,11,14-15,17,29H,9-10,12-13H2,1-2H3,(H,31,34)(H,32,35). The summed E-state index contributed by atoms with van der Waals surface area (Å²) in [6, 6.07) is 14.6. The van der Waals surface area contributed by atoms with Crippen molar-refractivity contribution in [2.75, 3.05) is 30.4 Å². The van der Waals surface area contributed by atoms with E-state index in [-0.39, 0.29) is 18.0 Å². The van der Waals surface area contributed by atoms with Crippen LogP contribution in [0.25, 0.3) is 10.2 Å². The van der Waals surface area contributed by atoms with Gasteiger partial charge < -0.3 is 25.4 Å². The third-order valence-electron chi connectivity index (χ3n) is 6.83. The molecule has 194 valence electrons. The fourth-order valence-corrected chi connectivity index (χ4v) is 6.00. The average molecular weight is 530 g/mol. The highest BCUT2D eigenvalue weighted by Crippen LogP contribution is 2.46. The number of aryl methyl sites for hydroxylation is 1. The van der Waals surface area contributed by atoms with Gasteiger partial charge in [0.05, 0.1) is 29.6 Å². The van der Waals surface area contributed by atoms with Crippen LogP contribution in [0.15, 0.2) is 54.7 Å². The zero-order valence-corrected chi connectivity index (χ0v) is 21.9. The van der Waals surface area contributed by atoms with E-state index in [0.29, 0.717) is 44.0 Å². The van der Waals surface area contributed by atoms with Gasteiger partial charge in [0.1, 0.15) is 15.5 Å². The Balaban J connectivity index is 1.33. The Morgan fingerprint density at radius 2 is 1.89 bits per heavy atom. The first-order valence-electron chi connectivity index (χ1n) is 12.5. The van der Waals surface area contributed by atoms with E-state index in [1.165, 1.54) is 11.3 Å². The Morgan fingerprint density at radius 1 is 1.11 bits per heavy atom. The number of carbonyl (C=O) groups is 2. The number of thiophene rings is 1. The fourth-order valence-electron chi connectivity index (χ4n) is 4.97. The Labute approximate surface area is 223 Å². The molecule has 2 aliphatic heterocycles. The molecule has 9 nitrogen and oxygen atoms in total. The molecule has 0 aliphatic carbocycles. The van der Waals surface area contributed by atoms with Gasteiger partial charge in [0.2, 0.25) is 0 Å². The average Bonchev–Trinajstić information content (AvgIpc) is 3.30. The van der Waals surface area contributed by atoms with Crippen molar-refractivity contribution in [3.63, 3.8) is 0 Å². The van der Waals surface area contributed by atoms with E-state index in [4.69, 9.17) is 9.47 Å². The molecule has 0 spiro atoms. The van der Waals surface area contributed by atoms with Crippen molar-refractivity contribution in [3.8, 4) is 17.2 Å². The van der Waals surface area contributed by atoms with Gasteiger partial charge in [-0.3, -0.25) is 9.69 Å². The molecule has 0 saturated carbocycles. The summed E-state index contributed by atoms with van der Waals surface area (Å²) in [6.07, 6.45) is 3.43. The SMILES string of the molecule is COc1ccccc1Oc1ccc(N2C(=O)Nc3c(C(=O)NC4CCNCC4)sc4nccc2c34)c(C)c1. The molecule has 3 amide bonds.